The summed E-state index contributed by atoms with van der Waals surface area (Å²) in [6, 6.07) is 14.7. The van der Waals surface area contributed by atoms with E-state index >= 15 is 0 Å². The molecule has 20 heavy (non-hydrogen) atoms. The molecule has 0 fully saturated rings. The van der Waals surface area contributed by atoms with Crippen LogP contribution in [0, 0.1) is 0 Å². The summed E-state index contributed by atoms with van der Waals surface area (Å²) >= 11 is 6.18. The van der Waals surface area contributed by atoms with Gasteiger partial charge in [0, 0.05) is 10.9 Å². The molecule has 0 saturated carbocycles. The SMILES string of the molecule is OC/C=C\C1c2ccccc2CCc2ccc(Cl)cc21. The fourth-order valence-corrected chi connectivity index (χ4v) is 3.17. The molecule has 0 aromatic heterocycles. The molecule has 1 atom stereocenters. The van der Waals surface area contributed by atoms with Gasteiger partial charge in [0.25, 0.3) is 0 Å². The fourth-order valence-electron chi connectivity index (χ4n) is 2.99. The zero-order valence-electron chi connectivity index (χ0n) is 11.2. The molecule has 0 spiro atoms. The molecule has 2 heteroatoms. The summed E-state index contributed by atoms with van der Waals surface area (Å²) in [5.41, 5.74) is 5.30. The molecular formula is C18H17ClO. The highest BCUT2D eigenvalue weighted by Gasteiger charge is 2.21. The van der Waals surface area contributed by atoms with Gasteiger partial charge < -0.3 is 5.11 Å². The summed E-state index contributed by atoms with van der Waals surface area (Å²) in [5, 5.41) is 9.87. The van der Waals surface area contributed by atoms with Crippen LogP contribution in [0.5, 0.6) is 0 Å². The lowest BCUT2D eigenvalue weighted by Gasteiger charge is -2.17. The van der Waals surface area contributed by atoms with E-state index in [1.54, 1.807) is 0 Å². The Morgan fingerprint density at radius 1 is 1.05 bits per heavy atom. The molecule has 1 N–H and O–H groups in total. The Morgan fingerprint density at radius 2 is 1.80 bits per heavy atom. The Labute approximate surface area is 124 Å². The molecule has 0 amide bonds. The van der Waals surface area contributed by atoms with E-state index in [0.29, 0.717) is 0 Å². The predicted molar refractivity (Wildman–Crippen MR) is 83.4 cm³/mol. The lowest BCUT2D eigenvalue weighted by molar-refractivity contribution is 0.342. The average molecular weight is 285 g/mol. The van der Waals surface area contributed by atoms with E-state index in [4.69, 9.17) is 16.7 Å². The van der Waals surface area contributed by atoms with Gasteiger partial charge in [0.1, 0.15) is 0 Å². The highest BCUT2D eigenvalue weighted by atomic mass is 35.5. The summed E-state index contributed by atoms with van der Waals surface area (Å²) < 4.78 is 0. The van der Waals surface area contributed by atoms with E-state index in [2.05, 4.69) is 42.5 Å². The van der Waals surface area contributed by atoms with Crippen molar-refractivity contribution in [2.45, 2.75) is 18.8 Å². The number of hydrogen-bond acceptors (Lipinski definition) is 1. The maximum atomic E-state index is 9.10. The number of benzene rings is 2. The van der Waals surface area contributed by atoms with Crippen LogP contribution in [0.2, 0.25) is 5.02 Å². The van der Waals surface area contributed by atoms with Gasteiger partial charge in [-0.1, -0.05) is 54.1 Å². The topological polar surface area (TPSA) is 20.2 Å². The van der Waals surface area contributed by atoms with Crippen molar-refractivity contribution in [1.82, 2.24) is 0 Å². The number of aliphatic hydroxyl groups excluding tert-OH is 1. The maximum Gasteiger partial charge on any atom is 0.0612 e. The zero-order chi connectivity index (χ0) is 13.9. The van der Waals surface area contributed by atoms with E-state index < -0.39 is 0 Å². The van der Waals surface area contributed by atoms with Crippen molar-refractivity contribution in [1.29, 1.82) is 0 Å². The predicted octanol–water partition coefficient (Wildman–Crippen LogP) is 4.12. The van der Waals surface area contributed by atoms with Crippen LogP contribution in [0.3, 0.4) is 0 Å². The minimum absolute atomic E-state index is 0.0641. The monoisotopic (exact) mass is 284 g/mol. The largest absolute Gasteiger partial charge is 0.392 e. The van der Waals surface area contributed by atoms with Crippen molar-refractivity contribution < 1.29 is 5.11 Å². The summed E-state index contributed by atoms with van der Waals surface area (Å²) in [4.78, 5) is 0. The second kappa shape index (κ2) is 5.82. The first-order valence-corrected chi connectivity index (χ1v) is 7.31. The third-order valence-electron chi connectivity index (χ3n) is 3.93. The number of halogens is 1. The molecule has 0 bridgehead atoms. The first-order chi connectivity index (χ1) is 9.79. The molecule has 1 aliphatic rings. The molecule has 1 unspecified atom stereocenters. The summed E-state index contributed by atoms with van der Waals surface area (Å²) in [5.74, 6) is 0.176. The highest BCUT2D eigenvalue weighted by molar-refractivity contribution is 6.30. The van der Waals surface area contributed by atoms with Gasteiger partial charge in [0.2, 0.25) is 0 Å². The first-order valence-electron chi connectivity index (χ1n) is 6.93. The smallest absolute Gasteiger partial charge is 0.0612 e. The normalized spacial score (nSPS) is 17.6. The molecule has 0 radical (unpaired) electrons. The van der Waals surface area contributed by atoms with Crippen LogP contribution in [0.25, 0.3) is 0 Å². The number of rotatable bonds is 2. The minimum Gasteiger partial charge on any atom is -0.392 e. The van der Waals surface area contributed by atoms with Crippen LogP contribution in [-0.2, 0) is 12.8 Å². The molecule has 2 aromatic carbocycles. The van der Waals surface area contributed by atoms with E-state index in [0.717, 1.165) is 17.9 Å². The number of aryl methyl sites for hydroxylation is 2. The van der Waals surface area contributed by atoms with E-state index in [-0.39, 0.29) is 12.5 Å². The molecule has 3 rings (SSSR count). The van der Waals surface area contributed by atoms with Gasteiger partial charge in [-0.3, -0.25) is 0 Å². The number of allylic oxidation sites excluding steroid dienone is 1. The van der Waals surface area contributed by atoms with Crippen molar-refractivity contribution in [3.63, 3.8) is 0 Å². The Bertz CT molecular complexity index is 646. The zero-order valence-corrected chi connectivity index (χ0v) is 12.0. The Morgan fingerprint density at radius 3 is 2.60 bits per heavy atom. The van der Waals surface area contributed by atoms with E-state index in [1.807, 2.05) is 12.1 Å². The van der Waals surface area contributed by atoms with Crippen molar-refractivity contribution in [3.8, 4) is 0 Å². The van der Waals surface area contributed by atoms with Crippen LogP contribution in [0.1, 0.15) is 28.2 Å². The van der Waals surface area contributed by atoms with Crippen LogP contribution < -0.4 is 0 Å². The standard InChI is InChI=1S/C18H17ClO/c19-15-10-9-14-8-7-13-4-1-2-5-16(13)17(6-3-11-20)18(14)12-15/h1-6,9-10,12,17,20H,7-8,11H2/b6-3-. The van der Waals surface area contributed by atoms with Crippen molar-refractivity contribution in [3.05, 3.63) is 81.9 Å². The molecule has 0 heterocycles. The van der Waals surface area contributed by atoms with Crippen LogP contribution in [-0.4, -0.2) is 11.7 Å². The molecule has 0 saturated heterocycles. The second-order valence-corrected chi connectivity index (χ2v) is 5.57. The Hall–Kier alpha value is -1.57. The highest BCUT2D eigenvalue weighted by Crippen LogP contribution is 2.36. The number of hydrogen-bond donors (Lipinski definition) is 1. The molecule has 2 aromatic rings. The first kappa shape index (κ1) is 13.4. The van der Waals surface area contributed by atoms with Gasteiger partial charge in [0.15, 0.2) is 0 Å². The molecule has 0 aliphatic heterocycles. The summed E-state index contributed by atoms with van der Waals surface area (Å²) in [7, 11) is 0. The minimum atomic E-state index is 0.0641. The fraction of sp³-hybridized carbons (Fsp3) is 0.222. The Kier molecular flexibility index (Phi) is 3.90. The van der Waals surface area contributed by atoms with Gasteiger partial charge in [-0.2, -0.15) is 0 Å². The van der Waals surface area contributed by atoms with Gasteiger partial charge in [-0.05, 0) is 47.2 Å². The van der Waals surface area contributed by atoms with Gasteiger partial charge in [-0.15, -0.1) is 0 Å². The van der Waals surface area contributed by atoms with Crippen LogP contribution in [0.15, 0.2) is 54.6 Å². The lowest BCUT2D eigenvalue weighted by atomic mass is 9.88. The van der Waals surface area contributed by atoms with Crippen molar-refractivity contribution >= 4 is 11.6 Å². The van der Waals surface area contributed by atoms with Crippen LogP contribution in [0.4, 0.5) is 0 Å². The Balaban J connectivity index is 2.18. The average Bonchev–Trinajstić information content (AvgIpc) is 2.62. The molecule has 1 nitrogen and oxygen atoms in total. The van der Waals surface area contributed by atoms with Gasteiger partial charge >= 0.3 is 0 Å². The van der Waals surface area contributed by atoms with E-state index in [1.165, 1.54) is 22.3 Å². The quantitative estimate of drug-likeness (QED) is 0.823. The second-order valence-electron chi connectivity index (χ2n) is 5.13. The third-order valence-corrected chi connectivity index (χ3v) is 4.17. The number of fused-ring (bicyclic) bond motifs is 2. The maximum absolute atomic E-state index is 9.10. The summed E-state index contributed by atoms with van der Waals surface area (Å²) in [6.07, 6.45) is 5.98. The lowest BCUT2D eigenvalue weighted by Crippen LogP contribution is -2.01. The molecular weight excluding hydrogens is 268 g/mol. The molecule has 102 valence electrons. The van der Waals surface area contributed by atoms with E-state index in [9.17, 15) is 0 Å². The van der Waals surface area contributed by atoms with Crippen molar-refractivity contribution in [2.75, 3.05) is 6.61 Å². The third kappa shape index (κ3) is 2.52. The van der Waals surface area contributed by atoms with Gasteiger partial charge in [0.05, 0.1) is 6.61 Å². The number of aliphatic hydroxyl groups is 1. The molecule has 1 aliphatic carbocycles. The summed E-state index contributed by atoms with van der Waals surface area (Å²) in [6.45, 7) is 0.0641. The van der Waals surface area contributed by atoms with Crippen molar-refractivity contribution in [2.24, 2.45) is 0 Å². The van der Waals surface area contributed by atoms with Gasteiger partial charge in [-0.25, -0.2) is 0 Å². The van der Waals surface area contributed by atoms with Crippen LogP contribution >= 0.6 is 11.6 Å².